The molecule has 0 aliphatic carbocycles. The van der Waals surface area contributed by atoms with Crippen molar-refractivity contribution in [1.82, 2.24) is 0 Å². The minimum Gasteiger partial charge on any atom is -0.493 e. The molecule has 0 aliphatic rings. The highest BCUT2D eigenvalue weighted by molar-refractivity contribution is 5.60. The van der Waals surface area contributed by atoms with E-state index in [2.05, 4.69) is 141 Å². The Hall–Kier alpha value is -3.53. The first-order chi connectivity index (χ1) is 21.3. The number of nitrogens with zero attached hydrogens (tertiary/aromatic N) is 3. The zero-order valence-electron chi connectivity index (χ0n) is 28.3. The molecule has 3 heterocycles. The van der Waals surface area contributed by atoms with Crippen molar-refractivity contribution in [1.29, 1.82) is 0 Å². The van der Waals surface area contributed by atoms with Gasteiger partial charge in [0, 0.05) is 41.8 Å². The molecule has 0 atom stereocenters. The number of aryl methyl sites for hydroxylation is 5. The molecular weight excluding hydrogens is 538 g/mol. The smallest absolute Gasteiger partial charge is 0.171 e. The van der Waals surface area contributed by atoms with Crippen LogP contribution in [0.5, 0.6) is 5.75 Å². The molecule has 3 aromatic heterocycles. The summed E-state index contributed by atoms with van der Waals surface area (Å²) in [4.78, 5) is 0. The van der Waals surface area contributed by atoms with E-state index in [0.717, 1.165) is 44.8 Å². The van der Waals surface area contributed by atoms with Crippen LogP contribution in [0.2, 0.25) is 0 Å². The summed E-state index contributed by atoms with van der Waals surface area (Å²) in [7, 11) is 0. The molecule has 4 aromatic rings. The van der Waals surface area contributed by atoms with E-state index in [-0.39, 0.29) is 0 Å². The van der Waals surface area contributed by atoms with Crippen molar-refractivity contribution in [2.75, 3.05) is 6.61 Å². The SMILES string of the molecule is Cc1cc(C)c[n+](CCC[n+]2ccc(-c3cc[n+](CCCCCCCCOc4c(C(C)C)cccc4C(C)C)cc3)cc2)c1. The molecule has 0 unspecified atom stereocenters. The van der Waals surface area contributed by atoms with Crippen LogP contribution in [-0.4, -0.2) is 6.61 Å². The van der Waals surface area contributed by atoms with Crippen LogP contribution in [-0.2, 0) is 19.6 Å². The summed E-state index contributed by atoms with van der Waals surface area (Å²) in [6.45, 7) is 17.3. The number of ether oxygens (including phenoxy) is 1. The third-order valence-electron chi connectivity index (χ3n) is 8.52. The second-order valence-corrected chi connectivity index (χ2v) is 13.2. The number of para-hydroxylation sites is 1. The van der Waals surface area contributed by atoms with E-state index in [1.165, 1.54) is 65.5 Å². The molecule has 0 radical (unpaired) electrons. The second kappa shape index (κ2) is 17.1. The predicted molar refractivity (Wildman–Crippen MR) is 181 cm³/mol. The third kappa shape index (κ3) is 10.3. The summed E-state index contributed by atoms with van der Waals surface area (Å²) in [5.74, 6) is 2.10. The number of hydrogen-bond acceptors (Lipinski definition) is 1. The number of benzene rings is 1. The van der Waals surface area contributed by atoms with E-state index in [0.29, 0.717) is 11.8 Å². The van der Waals surface area contributed by atoms with E-state index in [4.69, 9.17) is 4.74 Å². The van der Waals surface area contributed by atoms with Crippen LogP contribution in [0.15, 0.2) is 85.7 Å². The van der Waals surface area contributed by atoms with Crippen molar-refractivity contribution in [2.45, 2.75) is 118 Å². The molecule has 1 aromatic carbocycles. The van der Waals surface area contributed by atoms with E-state index in [9.17, 15) is 0 Å². The first-order valence-corrected chi connectivity index (χ1v) is 17.0. The van der Waals surface area contributed by atoms with Gasteiger partial charge in [-0.2, -0.15) is 0 Å². The fourth-order valence-corrected chi connectivity index (χ4v) is 6.08. The van der Waals surface area contributed by atoms with Gasteiger partial charge in [0.05, 0.1) is 13.0 Å². The highest BCUT2D eigenvalue weighted by Gasteiger charge is 2.15. The zero-order valence-corrected chi connectivity index (χ0v) is 28.3. The van der Waals surface area contributed by atoms with Crippen molar-refractivity contribution in [3.63, 3.8) is 0 Å². The van der Waals surface area contributed by atoms with Gasteiger partial charge in [0.1, 0.15) is 12.3 Å². The monoisotopic (exact) mass is 594 g/mol. The van der Waals surface area contributed by atoms with Gasteiger partial charge in [-0.1, -0.05) is 65.2 Å². The topological polar surface area (TPSA) is 20.9 Å². The Balaban J connectivity index is 1.10. The van der Waals surface area contributed by atoms with Crippen LogP contribution >= 0.6 is 0 Å². The van der Waals surface area contributed by atoms with Gasteiger partial charge in [-0.25, -0.2) is 13.7 Å². The second-order valence-electron chi connectivity index (χ2n) is 13.2. The Morgan fingerprint density at radius 2 is 1.00 bits per heavy atom. The van der Waals surface area contributed by atoms with Gasteiger partial charge in [-0.15, -0.1) is 0 Å². The molecule has 0 fully saturated rings. The van der Waals surface area contributed by atoms with Crippen molar-refractivity contribution in [3.8, 4) is 16.9 Å². The van der Waals surface area contributed by atoms with Gasteiger partial charge < -0.3 is 4.74 Å². The Labute approximate surface area is 267 Å². The summed E-state index contributed by atoms with van der Waals surface area (Å²) in [5.41, 5.74) is 7.87. The standard InChI is InChI=1S/C40H56N3O/c1-32(2)38-15-13-16-39(33(3)4)40(38)44-28-12-10-8-7-9-11-21-41-24-17-36(18-25-41)37-19-26-42(27-20-37)22-14-23-43-30-34(5)29-35(6)31-43/h13,15-20,24-27,29-33H,7-12,14,21-23,28H2,1-6H3/q+3. The summed E-state index contributed by atoms with van der Waals surface area (Å²) in [6, 6.07) is 17.8. The molecule has 4 rings (SSSR count). The van der Waals surface area contributed by atoms with Crippen LogP contribution in [0.1, 0.15) is 107 Å². The van der Waals surface area contributed by atoms with Crippen LogP contribution in [0.3, 0.4) is 0 Å². The van der Waals surface area contributed by atoms with Gasteiger partial charge in [0.15, 0.2) is 50.3 Å². The molecule has 234 valence electrons. The summed E-state index contributed by atoms with van der Waals surface area (Å²) < 4.78 is 13.3. The molecule has 0 bridgehead atoms. The van der Waals surface area contributed by atoms with Gasteiger partial charge in [-0.3, -0.25) is 0 Å². The first-order valence-electron chi connectivity index (χ1n) is 17.0. The molecular formula is C40H56N3O+3. The molecule has 0 spiro atoms. The minimum absolute atomic E-state index is 0.484. The quantitative estimate of drug-likeness (QED) is 0.0886. The summed E-state index contributed by atoms with van der Waals surface area (Å²) in [6.07, 6.45) is 21.9. The maximum Gasteiger partial charge on any atom is 0.171 e. The van der Waals surface area contributed by atoms with Crippen LogP contribution in [0.4, 0.5) is 0 Å². The van der Waals surface area contributed by atoms with Crippen LogP contribution in [0, 0.1) is 13.8 Å². The lowest BCUT2D eigenvalue weighted by Crippen LogP contribution is -2.38. The number of rotatable bonds is 17. The number of pyridine rings is 3. The predicted octanol–water partition coefficient (Wildman–Crippen LogP) is 8.59. The van der Waals surface area contributed by atoms with Crippen molar-refractivity contribution >= 4 is 0 Å². The number of aromatic nitrogens is 3. The zero-order chi connectivity index (χ0) is 31.3. The van der Waals surface area contributed by atoms with E-state index >= 15 is 0 Å². The Morgan fingerprint density at radius 1 is 0.545 bits per heavy atom. The number of unbranched alkanes of at least 4 members (excludes halogenated alkanes) is 5. The maximum absolute atomic E-state index is 6.36. The summed E-state index contributed by atoms with van der Waals surface area (Å²) in [5, 5.41) is 0. The lowest BCUT2D eigenvalue weighted by molar-refractivity contribution is -0.727. The molecule has 44 heavy (non-hydrogen) atoms. The Bertz CT molecular complexity index is 1380. The van der Waals surface area contributed by atoms with Crippen LogP contribution < -0.4 is 18.4 Å². The lowest BCUT2D eigenvalue weighted by Gasteiger charge is -2.20. The lowest BCUT2D eigenvalue weighted by atomic mass is 9.94. The van der Waals surface area contributed by atoms with Gasteiger partial charge in [0.2, 0.25) is 0 Å². The molecule has 0 N–H and O–H groups in total. The van der Waals surface area contributed by atoms with Gasteiger partial charge in [-0.05, 0) is 66.8 Å². The van der Waals surface area contributed by atoms with E-state index < -0.39 is 0 Å². The molecule has 0 saturated carbocycles. The normalized spacial score (nSPS) is 11.5. The van der Waals surface area contributed by atoms with Crippen molar-refractivity contribution < 1.29 is 18.4 Å². The van der Waals surface area contributed by atoms with Gasteiger partial charge >= 0.3 is 0 Å². The van der Waals surface area contributed by atoms with Gasteiger partial charge in [0.25, 0.3) is 0 Å². The molecule has 0 aliphatic heterocycles. The average molecular weight is 595 g/mol. The van der Waals surface area contributed by atoms with Crippen LogP contribution in [0.25, 0.3) is 11.1 Å². The highest BCUT2D eigenvalue weighted by atomic mass is 16.5. The molecule has 0 amide bonds. The Kier molecular flexibility index (Phi) is 13.0. The minimum atomic E-state index is 0.484. The number of hydrogen-bond donors (Lipinski definition) is 0. The fourth-order valence-electron chi connectivity index (χ4n) is 6.08. The first kappa shape index (κ1) is 33.4. The fraction of sp³-hybridized carbons (Fsp3) is 0.475. The molecule has 0 saturated heterocycles. The van der Waals surface area contributed by atoms with E-state index in [1.807, 2.05) is 0 Å². The molecule has 4 nitrogen and oxygen atoms in total. The Morgan fingerprint density at radius 3 is 1.52 bits per heavy atom. The molecule has 4 heteroatoms. The average Bonchev–Trinajstić information content (AvgIpc) is 3.00. The highest BCUT2D eigenvalue weighted by Crippen LogP contribution is 2.34. The maximum atomic E-state index is 6.36. The van der Waals surface area contributed by atoms with Crippen molar-refractivity contribution in [2.24, 2.45) is 0 Å². The van der Waals surface area contributed by atoms with Crippen molar-refractivity contribution in [3.05, 3.63) is 108 Å². The largest absolute Gasteiger partial charge is 0.493 e. The third-order valence-corrected chi connectivity index (χ3v) is 8.52. The van der Waals surface area contributed by atoms with E-state index in [1.54, 1.807) is 0 Å². The summed E-state index contributed by atoms with van der Waals surface area (Å²) >= 11 is 0.